The molecular weight excluding hydrogens is 1610 g/mol. The van der Waals surface area contributed by atoms with Crippen molar-refractivity contribution in [1.29, 1.82) is 0 Å². The van der Waals surface area contributed by atoms with E-state index >= 15 is 0 Å². The summed E-state index contributed by atoms with van der Waals surface area (Å²) >= 11 is 0. The minimum Gasteiger partial charge on any atom is -0.0654 e. The second-order valence-electron chi connectivity index (χ2n) is 45.9. The molecule has 3 aromatic rings. The average molecular weight is 1860 g/mol. The van der Waals surface area contributed by atoms with E-state index in [1.54, 1.807) is 22.1 Å². The Morgan fingerprint density at radius 2 is 0.239 bits per heavy atom. The molecule has 0 radical (unpaired) electrons. The van der Waals surface area contributed by atoms with Gasteiger partial charge in [-0.3, -0.25) is 0 Å². The molecule has 3 aromatic carbocycles. The maximum atomic E-state index is 2.71. The summed E-state index contributed by atoms with van der Waals surface area (Å²) in [6.45, 7) is 6.97. The van der Waals surface area contributed by atoms with Crippen LogP contribution < -0.4 is 0 Å². The lowest BCUT2D eigenvalue weighted by Gasteiger charge is -2.20. The summed E-state index contributed by atoms with van der Waals surface area (Å²) in [7, 11) is 0. The Morgan fingerprint density at radius 1 is 0.112 bits per heavy atom. The lowest BCUT2D eigenvalue weighted by Crippen LogP contribution is -2.04. The van der Waals surface area contributed by atoms with Gasteiger partial charge in [0.2, 0.25) is 0 Å². The van der Waals surface area contributed by atoms with Crippen molar-refractivity contribution in [3.05, 3.63) is 59.2 Å². The van der Waals surface area contributed by atoms with Crippen LogP contribution in [0.25, 0.3) is 21.5 Å². The van der Waals surface area contributed by atoms with E-state index < -0.39 is 0 Å². The molecule has 0 N–H and O–H groups in total. The monoisotopic (exact) mass is 1860 g/mol. The van der Waals surface area contributed by atoms with E-state index in [1.165, 1.54) is 767 Å². The number of unbranched alkanes of at least 4 members (excludes halogenated alkanes) is 111. The fourth-order valence-electron chi connectivity index (χ4n) is 23.3. The number of aryl methyl sites for hydroxylation is 2. The van der Waals surface area contributed by atoms with Crippen LogP contribution in [0, 0.1) is 0 Å². The summed E-state index contributed by atoms with van der Waals surface area (Å²) < 4.78 is 0. The highest BCUT2D eigenvalue weighted by Crippen LogP contribution is 2.35. The van der Waals surface area contributed by atoms with Crippen molar-refractivity contribution in [2.75, 3.05) is 0 Å². The summed E-state index contributed by atoms with van der Waals surface area (Å²) in [5, 5.41) is 5.97. The average Bonchev–Trinajstić information content (AvgIpc) is 0.764. The van der Waals surface area contributed by atoms with Crippen molar-refractivity contribution < 1.29 is 0 Å². The highest BCUT2D eigenvalue weighted by atomic mass is 14.2. The normalized spacial score (nSPS) is 11.9. The third kappa shape index (κ3) is 87.9. The first-order chi connectivity index (χ1) is 66.8. The standard InChI is InChI=1S/C134H250/c1-4-7-10-13-16-19-22-25-28-31-34-37-40-43-46-49-52-55-58-61-64-67-70-73-76-79-82-85-88-91-94-97-100-103-106-109-112-115-122-130-126-131-125-128-120-118-119-121-129(128)127-134(131)133(124-117-114-111-108-105-102-99-96-93-90-87-84-81-78-75-72-69-66-63-60-57-54-51-48-45-42-39-36-33-30-27-24-21-18-15-12-9-6-3)132(130)123-116-113-110-107-104-101-98-95-92-89-86-83-80-77-74-71-68-65-62-59-56-53-50-47-44-41-38-35-32-29-26-23-20-17-14-11-8-5-2/h118-121,125-127H,4-117,122-124H2,1-3H3. The fourth-order valence-corrected chi connectivity index (χ4v) is 23.3. The number of hydrogen-bond acceptors (Lipinski definition) is 0. The van der Waals surface area contributed by atoms with Crippen molar-refractivity contribution in [3.8, 4) is 0 Å². The topological polar surface area (TPSA) is 0 Å². The summed E-state index contributed by atoms with van der Waals surface area (Å²) in [4.78, 5) is 0. The maximum Gasteiger partial charge on any atom is -0.0143 e. The van der Waals surface area contributed by atoms with Crippen LogP contribution >= 0.6 is 0 Å². The quantitative estimate of drug-likeness (QED) is 0.0390. The predicted molar refractivity (Wildman–Crippen MR) is 616 cm³/mol. The molecule has 3 rings (SSSR count). The van der Waals surface area contributed by atoms with Crippen LogP contribution in [-0.2, 0) is 19.3 Å². The summed E-state index contributed by atoms with van der Waals surface area (Å²) in [5.41, 5.74) is 5.28. The molecule has 0 aliphatic carbocycles. The Labute approximate surface area is 847 Å². The Balaban J connectivity index is 1.25. The van der Waals surface area contributed by atoms with Crippen LogP contribution in [0.4, 0.5) is 0 Å². The zero-order valence-electron chi connectivity index (χ0n) is 93.3. The van der Waals surface area contributed by atoms with Gasteiger partial charge in [0, 0.05) is 0 Å². The van der Waals surface area contributed by atoms with Gasteiger partial charge in [0.05, 0.1) is 0 Å². The van der Waals surface area contributed by atoms with Gasteiger partial charge in [0.15, 0.2) is 0 Å². The highest BCUT2D eigenvalue weighted by molar-refractivity contribution is 6.00. The molecular formula is C134H250. The molecule has 0 amide bonds. The van der Waals surface area contributed by atoms with E-state index in [0.29, 0.717) is 0 Å². The SMILES string of the molecule is CCCCCCCCCCCCCCCCCCCCCCCCCCCCCCCCCCCCCCCCc1cc2cc3ccccc3cc2c(CCCCCCCCCCCCCCCCCCCCCCCCCCCCCCCCCCCCCCCC)c1CCCCCCCCCCCCCCCCCCCCCCCCCCCCCCCCCCCCCCCC. The molecule has 0 aliphatic rings. The van der Waals surface area contributed by atoms with E-state index in [0.717, 1.165) is 0 Å². The van der Waals surface area contributed by atoms with E-state index in [-0.39, 0.29) is 0 Å². The molecule has 0 fully saturated rings. The fraction of sp³-hybridized carbons (Fsp3) is 0.896. The number of benzene rings is 3. The summed E-state index contributed by atoms with van der Waals surface area (Å²) in [6.07, 6.45) is 172. The Bertz CT molecular complexity index is 2670. The van der Waals surface area contributed by atoms with Gasteiger partial charge in [-0.05, 0) is 88.9 Å². The maximum absolute atomic E-state index is 2.71. The zero-order chi connectivity index (χ0) is 94.7. The van der Waals surface area contributed by atoms with Gasteiger partial charge in [-0.2, -0.15) is 0 Å². The van der Waals surface area contributed by atoms with E-state index in [1.807, 2.05) is 0 Å². The van der Waals surface area contributed by atoms with Crippen LogP contribution in [0.3, 0.4) is 0 Å². The minimum atomic E-state index is 1.27. The summed E-state index contributed by atoms with van der Waals surface area (Å²) in [5.74, 6) is 0. The van der Waals surface area contributed by atoms with Gasteiger partial charge >= 0.3 is 0 Å². The third-order valence-corrected chi connectivity index (χ3v) is 32.7. The number of fused-ring (bicyclic) bond motifs is 2. The first-order valence-corrected chi connectivity index (χ1v) is 64.7. The van der Waals surface area contributed by atoms with Gasteiger partial charge < -0.3 is 0 Å². The van der Waals surface area contributed by atoms with E-state index in [9.17, 15) is 0 Å². The first kappa shape index (κ1) is 126. The molecule has 0 unspecified atom stereocenters. The first-order valence-electron chi connectivity index (χ1n) is 64.7. The molecule has 0 atom stereocenters. The highest BCUT2D eigenvalue weighted by Gasteiger charge is 2.16. The second kappa shape index (κ2) is 108. The van der Waals surface area contributed by atoms with Crippen molar-refractivity contribution in [3.63, 3.8) is 0 Å². The van der Waals surface area contributed by atoms with Crippen LogP contribution in [0.5, 0.6) is 0 Å². The molecule has 134 heavy (non-hydrogen) atoms. The van der Waals surface area contributed by atoms with Crippen molar-refractivity contribution >= 4 is 21.5 Å². The Kier molecular flexibility index (Phi) is 102. The lowest BCUT2D eigenvalue weighted by molar-refractivity contribution is 0.509. The predicted octanol–water partition coefficient (Wildman–Crippen LogP) is 50.2. The molecule has 0 aliphatic heterocycles. The Hall–Kier alpha value is -1.82. The number of rotatable bonds is 117. The molecule has 0 heteroatoms. The van der Waals surface area contributed by atoms with Gasteiger partial charge in [0.1, 0.15) is 0 Å². The van der Waals surface area contributed by atoms with Gasteiger partial charge in [0.25, 0.3) is 0 Å². The van der Waals surface area contributed by atoms with E-state index in [4.69, 9.17) is 0 Å². The molecule has 0 heterocycles. The molecule has 0 saturated carbocycles. The van der Waals surface area contributed by atoms with Crippen molar-refractivity contribution in [2.45, 2.75) is 772 Å². The summed E-state index contributed by atoms with van der Waals surface area (Å²) in [6, 6.07) is 17.2. The smallest absolute Gasteiger partial charge is 0.0143 e. The van der Waals surface area contributed by atoms with E-state index in [2.05, 4.69) is 63.2 Å². The van der Waals surface area contributed by atoms with Gasteiger partial charge in [-0.15, -0.1) is 0 Å². The molecule has 0 spiro atoms. The van der Waals surface area contributed by atoms with Crippen LogP contribution in [0.1, 0.15) is 769 Å². The molecule has 0 aromatic heterocycles. The molecule has 0 saturated heterocycles. The zero-order valence-corrected chi connectivity index (χ0v) is 93.3. The second-order valence-corrected chi connectivity index (χ2v) is 45.9. The van der Waals surface area contributed by atoms with Crippen LogP contribution in [0.15, 0.2) is 42.5 Å². The Morgan fingerprint density at radius 3 is 0.396 bits per heavy atom. The molecule has 786 valence electrons. The van der Waals surface area contributed by atoms with Crippen LogP contribution in [0.2, 0.25) is 0 Å². The van der Waals surface area contributed by atoms with Crippen molar-refractivity contribution in [2.24, 2.45) is 0 Å². The molecule has 0 nitrogen and oxygen atoms in total. The largest absolute Gasteiger partial charge is 0.0654 e. The minimum absolute atomic E-state index is 1.27. The van der Waals surface area contributed by atoms with Gasteiger partial charge in [-0.25, -0.2) is 0 Å². The van der Waals surface area contributed by atoms with Crippen molar-refractivity contribution in [1.82, 2.24) is 0 Å². The molecule has 0 bridgehead atoms. The number of hydrogen-bond donors (Lipinski definition) is 0. The third-order valence-electron chi connectivity index (χ3n) is 32.7. The van der Waals surface area contributed by atoms with Crippen LogP contribution in [-0.4, -0.2) is 0 Å². The lowest BCUT2D eigenvalue weighted by atomic mass is 9.85. The van der Waals surface area contributed by atoms with Gasteiger partial charge in [-0.1, -0.05) is 764 Å².